The lowest BCUT2D eigenvalue weighted by Crippen LogP contribution is -2.35. The van der Waals surface area contributed by atoms with Crippen LogP contribution in [0.15, 0.2) is 24.3 Å². The van der Waals surface area contributed by atoms with Crippen LogP contribution in [0.4, 0.5) is 10.5 Å². The van der Waals surface area contributed by atoms with Crippen molar-refractivity contribution >= 4 is 27.7 Å². The predicted molar refractivity (Wildman–Crippen MR) is 91.4 cm³/mol. The Bertz CT molecular complexity index is 656. The highest BCUT2D eigenvalue weighted by Crippen LogP contribution is 2.10. The summed E-state index contributed by atoms with van der Waals surface area (Å²) in [5.74, 6) is -0.0612. The summed E-state index contributed by atoms with van der Waals surface area (Å²) in [7, 11) is -3.35. The van der Waals surface area contributed by atoms with Gasteiger partial charge in [0, 0.05) is 24.3 Å². The molecular formula is C15H23N3O5S. The fraction of sp³-hybridized carbons (Fsp3) is 0.467. The SMILES string of the molecule is CC(C)COC(=O)NCCNC(=O)c1ccc(NS(C)(=O)=O)cc1. The van der Waals surface area contributed by atoms with Crippen LogP contribution in [-0.4, -0.2) is 46.4 Å². The van der Waals surface area contributed by atoms with Crippen molar-refractivity contribution in [3.8, 4) is 0 Å². The van der Waals surface area contributed by atoms with Gasteiger partial charge in [-0.25, -0.2) is 13.2 Å². The summed E-state index contributed by atoms with van der Waals surface area (Å²) in [6.45, 7) is 4.70. The van der Waals surface area contributed by atoms with E-state index in [-0.39, 0.29) is 24.9 Å². The van der Waals surface area contributed by atoms with Crippen LogP contribution in [0.2, 0.25) is 0 Å². The van der Waals surface area contributed by atoms with Gasteiger partial charge in [-0.15, -0.1) is 0 Å². The molecule has 0 spiro atoms. The van der Waals surface area contributed by atoms with E-state index in [1.807, 2.05) is 13.8 Å². The second-order valence-corrected chi connectivity index (χ2v) is 7.38. The van der Waals surface area contributed by atoms with Gasteiger partial charge in [0.15, 0.2) is 0 Å². The van der Waals surface area contributed by atoms with Gasteiger partial charge in [0.05, 0.1) is 12.9 Å². The van der Waals surface area contributed by atoms with Gasteiger partial charge in [0.1, 0.15) is 0 Å². The van der Waals surface area contributed by atoms with Crippen molar-refractivity contribution in [1.82, 2.24) is 10.6 Å². The molecule has 0 radical (unpaired) electrons. The summed E-state index contributed by atoms with van der Waals surface area (Å²) in [4.78, 5) is 23.2. The van der Waals surface area contributed by atoms with E-state index in [4.69, 9.17) is 4.74 Å². The molecule has 24 heavy (non-hydrogen) atoms. The monoisotopic (exact) mass is 357 g/mol. The molecule has 0 fully saturated rings. The molecule has 0 bridgehead atoms. The van der Waals surface area contributed by atoms with E-state index in [2.05, 4.69) is 15.4 Å². The minimum Gasteiger partial charge on any atom is -0.449 e. The number of rotatable bonds is 8. The van der Waals surface area contributed by atoms with Crippen LogP contribution in [0.25, 0.3) is 0 Å². The lowest BCUT2D eigenvalue weighted by molar-refractivity contribution is 0.0951. The number of carbonyl (C=O) groups excluding carboxylic acids is 2. The van der Waals surface area contributed by atoms with Crippen LogP contribution in [0.5, 0.6) is 0 Å². The van der Waals surface area contributed by atoms with Gasteiger partial charge in [-0.2, -0.15) is 0 Å². The van der Waals surface area contributed by atoms with Gasteiger partial charge in [0.25, 0.3) is 5.91 Å². The first kappa shape index (κ1) is 19.8. The Morgan fingerprint density at radius 2 is 1.67 bits per heavy atom. The molecule has 134 valence electrons. The van der Waals surface area contributed by atoms with E-state index in [0.717, 1.165) is 6.26 Å². The van der Waals surface area contributed by atoms with E-state index in [1.54, 1.807) is 0 Å². The molecule has 0 heterocycles. The van der Waals surface area contributed by atoms with Crippen LogP contribution >= 0.6 is 0 Å². The molecule has 1 rings (SSSR count). The number of carbonyl (C=O) groups is 2. The van der Waals surface area contributed by atoms with Crippen LogP contribution in [0.1, 0.15) is 24.2 Å². The second kappa shape index (κ2) is 9.11. The molecule has 0 aliphatic carbocycles. The highest BCUT2D eigenvalue weighted by Gasteiger charge is 2.07. The number of hydrogen-bond acceptors (Lipinski definition) is 5. The van der Waals surface area contributed by atoms with Crippen LogP contribution in [0.3, 0.4) is 0 Å². The Hall–Kier alpha value is -2.29. The van der Waals surface area contributed by atoms with Crippen molar-refractivity contribution in [2.75, 3.05) is 30.7 Å². The topological polar surface area (TPSA) is 114 Å². The average Bonchev–Trinajstić information content (AvgIpc) is 2.48. The maximum atomic E-state index is 11.9. The highest BCUT2D eigenvalue weighted by atomic mass is 32.2. The van der Waals surface area contributed by atoms with Gasteiger partial charge >= 0.3 is 6.09 Å². The van der Waals surface area contributed by atoms with Crippen LogP contribution < -0.4 is 15.4 Å². The molecule has 0 unspecified atom stereocenters. The molecule has 1 aromatic rings. The third-order valence-electron chi connectivity index (χ3n) is 2.68. The number of amides is 2. The van der Waals surface area contributed by atoms with E-state index in [9.17, 15) is 18.0 Å². The molecule has 0 aliphatic heterocycles. The number of alkyl carbamates (subject to hydrolysis) is 1. The number of hydrogen-bond donors (Lipinski definition) is 3. The summed E-state index contributed by atoms with van der Waals surface area (Å²) < 4.78 is 29.4. The molecule has 8 nitrogen and oxygen atoms in total. The number of benzene rings is 1. The summed E-state index contributed by atoms with van der Waals surface area (Å²) in [6.07, 6.45) is 0.529. The molecule has 0 aliphatic rings. The van der Waals surface area contributed by atoms with E-state index in [0.29, 0.717) is 17.9 Å². The molecule has 3 N–H and O–H groups in total. The van der Waals surface area contributed by atoms with Gasteiger partial charge in [-0.3, -0.25) is 9.52 Å². The third-order valence-corrected chi connectivity index (χ3v) is 3.28. The Balaban J connectivity index is 2.34. The molecule has 1 aromatic carbocycles. The third kappa shape index (κ3) is 8.37. The molecule has 9 heteroatoms. The first-order valence-electron chi connectivity index (χ1n) is 7.44. The molecule has 0 saturated heterocycles. The number of sulfonamides is 1. The second-order valence-electron chi connectivity index (χ2n) is 5.63. The number of ether oxygens (including phenoxy) is 1. The van der Waals surface area contributed by atoms with Crippen LogP contribution in [0, 0.1) is 5.92 Å². The van der Waals surface area contributed by atoms with Crippen molar-refractivity contribution in [3.05, 3.63) is 29.8 Å². The molecule has 0 aromatic heterocycles. The summed E-state index contributed by atoms with van der Waals surface area (Å²) >= 11 is 0. The quantitative estimate of drug-likeness (QED) is 0.604. The van der Waals surface area contributed by atoms with Gasteiger partial charge < -0.3 is 15.4 Å². The van der Waals surface area contributed by atoms with Crippen molar-refractivity contribution < 1.29 is 22.7 Å². The van der Waals surface area contributed by atoms with Gasteiger partial charge in [0.2, 0.25) is 10.0 Å². The molecule has 0 atom stereocenters. The first-order chi connectivity index (χ1) is 11.2. The van der Waals surface area contributed by atoms with Crippen molar-refractivity contribution in [2.45, 2.75) is 13.8 Å². The Kier molecular flexibility index (Phi) is 7.50. The normalized spacial score (nSPS) is 11.0. The average molecular weight is 357 g/mol. The zero-order chi connectivity index (χ0) is 18.2. The standard InChI is InChI=1S/C15H23N3O5S/c1-11(2)10-23-15(20)17-9-8-16-14(19)12-4-6-13(7-5-12)18-24(3,21)22/h4-7,11,18H,8-10H2,1-3H3,(H,16,19)(H,17,20). The van der Waals surface area contributed by atoms with Crippen molar-refractivity contribution in [3.63, 3.8) is 0 Å². The Morgan fingerprint density at radius 3 is 2.21 bits per heavy atom. The van der Waals surface area contributed by atoms with E-state index >= 15 is 0 Å². The van der Waals surface area contributed by atoms with E-state index < -0.39 is 16.1 Å². The Labute approximate surface area is 142 Å². The minimum atomic E-state index is -3.35. The van der Waals surface area contributed by atoms with Crippen LogP contribution in [-0.2, 0) is 14.8 Å². The van der Waals surface area contributed by atoms with Gasteiger partial charge in [-0.05, 0) is 30.2 Å². The summed E-state index contributed by atoms with van der Waals surface area (Å²) in [5.41, 5.74) is 0.764. The lowest BCUT2D eigenvalue weighted by atomic mass is 10.2. The smallest absolute Gasteiger partial charge is 0.407 e. The summed E-state index contributed by atoms with van der Waals surface area (Å²) in [6, 6.07) is 6.01. The lowest BCUT2D eigenvalue weighted by Gasteiger charge is -2.10. The van der Waals surface area contributed by atoms with Crippen molar-refractivity contribution in [2.24, 2.45) is 5.92 Å². The maximum absolute atomic E-state index is 11.9. The number of anilines is 1. The zero-order valence-corrected chi connectivity index (χ0v) is 14.8. The zero-order valence-electron chi connectivity index (χ0n) is 14.0. The fourth-order valence-electron chi connectivity index (χ4n) is 1.64. The molecule has 2 amide bonds. The summed E-state index contributed by atoms with van der Waals surface area (Å²) in [5, 5.41) is 5.17. The number of nitrogens with one attached hydrogen (secondary N) is 3. The first-order valence-corrected chi connectivity index (χ1v) is 9.33. The largest absolute Gasteiger partial charge is 0.449 e. The fourth-order valence-corrected chi connectivity index (χ4v) is 2.20. The maximum Gasteiger partial charge on any atom is 0.407 e. The van der Waals surface area contributed by atoms with Gasteiger partial charge in [-0.1, -0.05) is 13.8 Å². The Morgan fingerprint density at radius 1 is 1.08 bits per heavy atom. The molecular weight excluding hydrogens is 334 g/mol. The van der Waals surface area contributed by atoms with E-state index in [1.165, 1.54) is 24.3 Å². The molecule has 0 saturated carbocycles. The predicted octanol–water partition coefficient (Wildman–Crippen LogP) is 1.17. The minimum absolute atomic E-state index is 0.246. The van der Waals surface area contributed by atoms with Crippen molar-refractivity contribution in [1.29, 1.82) is 0 Å². The highest BCUT2D eigenvalue weighted by molar-refractivity contribution is 7.92.